The molecule has 3 N–H and O–H groups in total. The topological polar surface area (TPSA) is 88.3 Å². The first-order valence-electron chi connectivity index (χ1n) is 10.1. The smallest absolute Gasteiger partial charge is 0.253 e. The molecule has 0 unspecified atom stereocenters. The fourth-order valence-corrected chi connectivity index (χ4v) is 4.20. The van der Waals surface area contributed by atoms with Crippen LogP contribution in [0, 0.1) is 11.7 Å². The molecule has 1 aliphatic heterocycles. The number of aromatic nitrogens is 1. The zero-order valence-electron chi connectivity index (χ0n) is 16.2. The summed E-state index contributed by atoms with van der Waals surface area (Å²) in [6.07, 6.45) is 4.59. The Balaban J connectivity index is 1.33. The van der Waals surface area contributed by atoms with Crippen LogP contribution in [-0.4, -0.2) is 46.9 Å². The average Bonchev–Trinajstić information content (AvgIpc) is 3.37. The summed E-state index contributed by atoms with van der Waals surface area (Å²) in [5.41, 5.74) is 7.62. The third-order valence-corrected chi connectivity index (χ3v) is 5.80. The highest BCUT2D eigenvalue weighted by atomic mass is 19.1. The molecule has 3 atom stereocenters. The number of pyridine rings is 1. The minimum atomic E-state index is -0.327. The summed E-state index contributed by atoms with van der Waals surface area (Å²) in [5, 5.41) is 3.01. The normalized spacial score (nSPS) is 23.9. The molecule has 1 aromatic carbocycles. The van der Waals surface area contributed by atoms with Crippen LogP contribution in [0.2, 0.25) is 0 Å². The predicted octanol–water partition coefficient (Wildman–Crippen LogP) is 2.35. The van der Waals surface area contributed by atoms with Crippen LogP contribution in [0.1, 0.15) is 36.0 Å². The van der Waals surface area contributed by atoms with Crippen LogP contribution in [0.4, 0.5) is 4.39 Å². The molecule has 0 spiro atoms. The number of halogens is 1. The van der Waals surface area contributed by atoms with E-state index in [-0.39, 0.29) is 35.6 Å². The van der Waals surface area contributed by atoms with Crippen molar-refractivity contribution in [2.75, 3.05) is 13.1 Å². The first-order chi connectivity index (χ1) is 14.0. The average molecular weight is 396 g/mol. The van der Waals surface area contributed by atoms with Crippen molar-refractivity contribution in [1.82, 2.24) is 15.2 Å². The molecule has 2 amide bonds. The number of hydrogen-bond donors (Lipinski definition) is 2. The summed E-state index contributed by atoms with van der Waals surface area (Å²) in [6.45, 7) is 1.37. The Morgan fingerprint density at radius 1 is 1.17 bits per heavy atom. The number of amides is 2. The fraction of sp³-hybridized carbons (Fsp3) is 0.409. The lowest BCUT2D eigenvalue weighted by Gasteiger charge is -2.20. The number of rotatable bonds is 4. The van der Waals surface area contributed by atoms with Gasteiger partial charge in [-0.15, -0.1) is 0 Å². The molecule has 1 aromatic heterocycles. The lowest BCUT2D eigenvalue weighted by Crippen LogP contribution is -2.37. The second kappa shape index (κ2) is 8.29. The number of hydrogen-bond acceptors (Lipinski definition) is 4. The molecule has 0 radical (unpaired) electrons. The van der Waals surface area contributed by atoms with Gasteiger partial charge in [-0.1, -0.05) is 12.1 Å². The van der Waals surface area contributed by atoms with Gasteiger partial charge in [0.1, 0.15) is 5.82 Å². The van der Waals surface area contributed by atoms with Gasteiger partial charge in [0, 0.05) is 42.9 Å². The predicted molar refractivity (Wildman–Crippen MR) is 107 cm³/mol. The summed E-state index contributed by atoms with van der Waals surface area (Å²) in [6, 6.07) is 9.64. The van der Waals surface area contributed by atoms with E-state index in [0.717, 1.165) is 25.8 Å². The molecule has 4 rings (SSSR count). The molecule has 1 aliphatic carbocycles. The van der Waals surface area contributed by atoms with E-state index in [4.69, 9.17) is 5.73 Å². The number of nitrogens with zero attached hydrogens (tertiary/aromatic N) is 2. The molecule has 2 fully saturated rings. The Morgan fingerprint density at radius 2 is 2.03 bits per heavy atom. The van der Waals surface area contributed by atoms with E-state index < -0.39 is 0 Å². The molecule has 152 valence electrons. The van der Waals surface area contributed by atoms with E-state index >= 15 is 0 Å². The SMILES string of the molecule is N[C@H]1CCN(C(=O)[C@H]2CC[C@@H](NC(=O)c3ccc(-c4cccc(F)c4)nc3)C2)C1. The second-order valence-corrected chi connectivity index (χ2v) is 7.96. The van der Waals surface area contributed by atoms with E-state index in [1.807, 2.05) is 4.90 Å². The maximum atomic E-state index is 13.4. The van der Waals surface area contributed by atoms with E-state index in [0.29, 0.717) is 29.8 Å². The minimum absolute atomic E-state index is 0.0179. The highest BCUT2D eigenvalue weighted by Gasteiger charge is 2.35. The van der Waals surface area contributed by atoms with Gasteiger partial charge in [0.25, 0.3) is 5.91 Å². The van der Waals surface area contributed by atoms with Gasteiger partial charge in [-0.25, -0.2) is 4.39 Å². The molecule has 7 heteroatoms. The van der Waals surface area contributed by atoms with Crippen LogP contribution in [0.3, 0.4) is 0 Å². The summed E-state index contributed by atoms with van der Waals surface area (Å²) in [4.78, 5) is 31.3. The number of likely N-dealkylation sites (tertiary alicyclic amines) is 1. The van der Waals surface area contributed by atoms with Gasteiger partial charge in [0.05, 0.1) is 11.3 Å². The Labute approximate surface area is 169 Å². The van der Waals surface area contributed by atoms with Gasteiger partial charge in [-0.05, 0) is 49.9 Å². The summed E-state index contributed by atoms with van der Waals surface area (Å²) in [5.74, 6) is -0.410. The molecule has 2 aromatic rings. The number of carbonyl (C=O) groups is 2. The van der Waals surface area contributed by atoms with Crippen molar-refractivity contribution in [1.29, 1.82) is 0 Å². The third kappa shape index (κ3) is 4.45. The van der Waals surface area contributed by atoms with Crippen molar-refractivity contribution in [3.8, 4) is 11.3 Å². The van der Waals surface area contributed by atoms with Crippen LogP contribution < -0.4 is 11.1 Å². The number of nitrogens with one attached hydrogen (secondary N) is 1. The first-order valence-corrected chi connectivity index (χ1v) is 10.1. The van der Waals surface area contributed by atoms with Gasteiger partial charge in [-0.3, -0.25) is 14.6 Å². The van der Waals surface area contributed by atoms with Crippen molar-refractivity contribution < 1.29 is 14.0 Å². The van der Waals surface area contributed by atoms with E-state index in [1.54, 1.807) is 24.3 Å². The standard InChI is InChI=1S/C22H25FN4O2/c23-17-3-1-2-14(10-17)20-7-5-16(12-25-20)21(28)26-19-6-4-15(11-19)22(29)27-9-8-18(24)13-27/h1-3,5,7,10,12,15,18-19H,4,6,8-9,11,13,24H2,(H,26,28)/t15-,18-,19+/m0/s1. The zero-order valence-corrected chi connectivity index (χ0v) is 16.2. The number of benzene rings is 1. The van der Waals surface area contributed by atoms with Gasteiger partial charge >= 0.3 is 0 Å². The fourth-order valence-electron chi connectivity index (χ4n) is 4.20. The quantitative estimate of drug-likeness (QED) is 0.830. The molecule has 6 nitrogen and oxygen atoms in total. The maximum Gasteiger partial charge on any atom is 0.253 e. The van der Waals surface area contributed by atoms with Gasteiger partial charge in [0.2, 0.25) is 5.91 Å². The summed E-state index contributed by atoms with van der Waals surface area (Å²) in [7, 11) is 0. The van der Waals surface area contributed by atoms with Crippen LogP contribution in [-0.2, 0) is 4.79 Å². The van der Waals surface area contributed by atoms with Crippen LogP contribution in [0.5, 0.6) is 0 Å². The molecule has 29 heavy (non-hydrogen) atoms. The van der Waals surface area contributed by atoms with Crippen molar-refractivity contribution >= 4 is 11.8 Å². The minimum Gasteiger partial charge on any atom is -0.349 e. The van der Waals surface area contributed by atoms with Gasteiger partial charge in [0.15, 0.2) is 0 Å². The Bertz CT molecular complexity index is 902. The summed E-state index contributed by atoms with van der Waals surface area (Å²) >= 11 is 0. The molecule has 1 saturated carbocycles. The largest absolute Gasteiger partial charge is 0.349 e. The van der Waals surface area contributed by atoms with E-state index in [9.17, 15) is 14.0 Å². The van der Waals surface area contributed by atoms with Crippen molar-refractivity contribution in [2.45, 2.75) is 37.8 Å². The Morgan fingerprint density at radius 3 is 2.72 bits per heavy atom. The van der Waals surface area contributed by atoms with Gasteiger partial charge in [-0.2, -0.15) is 0 Å². The van der Waals surface area contributed by atoms with Crippen molar-refractivity contribution in [2.24, 2.45) is 11.7 Å². The summed E-state index contributed by atoms with van der Waals surface area (Å²) < 4.78 is 13.4. The maximum absolute atomic E-state index is 13.4. The van der Waals surface area contributed by atoms with Crippen molar-refractivity contribution in [3.63, 3.8) is 0 Å². The first kappa shape index (κ1) is 19.5. The highest BCUT2D eigenvalue weighted by Crippen LogP contribution is 2.29. The molecule has 1 saturated heterocycles. The second-order valence-electron chi connectivity index (χ2n) is 7.96. The van der Waals surface area contributed by atoms with Crippen LogP contribution in [0.25, 0.3) is 11.3 Å². The Kier molecular flexibility index (Phi) is 5.58. The van der Waals surface area contributed by atoms with Crippen LogP contribution in [0.15, 0.2) is 42.6 Å². The molecule has 2 heterocycles. The van der Waals surface area contributed by atoms with Crippen molar-refractivity contribution in [3.05, 3.63) is 54.0 Å². The van der Waals surface area contributed by atoms with E-state index in [1.165, 1.54) is 18.3 Å². The highest BCUT2D eigenvalue weighted by molar-refractivity contribution is 5.94. The monoisotopic (exact) mass is 396 g/mol. The molecule has 2 aliphatic rings. The number of nitrogens with two attached hydrogens (primary N) is 1. The molecular formula is C22H25FN4O2. The van der Waals surface area contributed by atoms with Gasteiger partial charge < -0.3 is 16.0 Å². The lowest BCUT2D eigenvalue weighted by molar-refractivity contribution is -0.134. The van der Waals surface area contributed by atoms with E-state index in [2.05, 4.69) is 10.3 Å². The third-order valence-electron chi connectivity index (χ3n) is 5.80. The molecular weight excluding hydrogens is 371 g/mol. The zero-order chi connectivity index (χ0) is 20.4. The number of carbonyl (C=O) groups excluding carboxylic acids is 2. The molecule has 0 bridgehead atoms. The Hall–Kier alpha value is -2.80. The van der Waals surface area contributed by atoms with Crippen LogP contribution >= 0.6 is 0 Å². The lowest BCUT2D eigenvalue weighted by atomic mass is 10.1.